The van der Waals surface area contributed by atoms with Crippen LogP contribution in [0.5, 0.6) is 0 Å². The average molecular weight is 510 g/mol. The Morgan fingerprint density at radius 3 is 2.91 bits per heavy atom. The van der Waals surface area contributed by atoms with E-state index in [0.29, 0.717) is 11.1 Å². The number of carbonyl (C=O) groups excluding carboxylic acids is 1. The van der Waals surface area contributed by atoms with Gasteiger partial charge in [0, 0.05) is 17.7 Å². The molecule has 3 N–H and O–H groups in total. The quantitative estimate of drug-likeness (QED) is 0.134. The number of hydrazone groups is 1. The Labute approximate surface area is 209 Å². The zero-order valence-electron chi connectivity index (χ0n) is 18.4. The summed E-state index contributed by atoms with van der Waals surface area (Å²) in [6.07, 6.45) is 6.51. The molecule has 2 heterocycles. The lowest BCUT2D eigenvalue weighted by molar-refractivity contribution is -0.113. The molecule has 8 nitrogen and oxygen atoms in total. The molecule has 2 aromatic carbocycles. The summed E-state index contributed by atoms with van der Waals surface area (Å²) in [7, 11) is 0. The molecule has 0 aliphatic heterocycles. The Bertz CT molecular complexity index is 1280. The number of nitrogens with one attached hydrogen (secondary N) is 3. The molecule has 0 spiro atoms. The molecule has 2 aromatic heterocycles. The van der Waals surface area contributed by atoms with Crippen molar-refractivity contribution < 1.29 is 4.79 Å². The second-order valence-corrected chi connectivity index (χ2v) is 10.3. The van der Waals surface area contributed by atoms with Crippen LogP contribution in [0.4, 0.5) is 11.6 Å². The van der Waals surface area contributed by atoms with Crippen LogP contribution < -0.4 is 10.7 Å². The van der Waals surface area contributed by atoms with Crippen molar-refractivity contribution in [3.63, 3.8) is 0 Å². The van der Waals surface area contributed by atoms with E-state index in [2.05, 4.69) is 42.9 Å². The topological polar surface area (TPSA) is 108 Å². The average Bonchev–Trinajstić information content (AvgIpc) is 3.48. The predicted octanol–water partition coefficient (Wildman–Crippen LogP) is 5.76. The van der Waals surface area contributed by atoms with Crippen molar-refractivity contribution >= 4 is 74.9 Å². The van der Waals surface area contributed by atoms with Crippen molar-refractivity contribution in [2.24, 2.45) is 5.10 Å². The van der Waals surface area contributed by atoms with Crippen molar-refractivity contribution in [2.45, 2.75) is 22.8 Å². The van der Waals surface area contributed by atoms with Crippen molar-refractivity contribution in [2.75, 3.05) is 22.2 Å². The summed E-state index contributed by atoms with van der Waals surface area (Å²) in [5, 5.41) is 14.3. The third kappa shape index (κ3) is 7.17. The molecule has 1 amide bonds. The Kier molecular flexibility index (Phi) is 8.71. The smallest absolute Gasteiger partial charge is 0.240 e. The van der Waals surface area contributed by atoms with E-state index in [1.54, 1.807) is 29.3 Å². The largest absolute Gasteiger partial charge is 0.325 e. The summed E-state index contributed by atoms with van der Waals surface area (Å²) in [5.41, 5.74) is 5.58. The lowest BCUT2D eigenvalue weighted by Gasteiger charge is -2.03. The zero-order valence-corrected chi connectivity index (χ0v) is 20.8. The van der Waals surface area contributed by atoms with Gasteiger partial charge in [-0.25, -0.2) is 15.5 Å². The molecular weight excluding hydrogens is 487 g/mol. The Balaban J connectivity index is 1.22. The van der Waals surface area contributed by atoms with Gasteiger partial charge in [-0.15, -0.1) is 16.4 Å². The minimum atomic E-state index is -0.127. The maximum absolute atomic E-state index is 12.4. The van der Waals surface area contributed by atoms with Crippen LogP contribution in [0.25, 0.3) is 16.3 Å². The molecule has 0 aliphatic rings. The van der Waals surface area contributed by atoms with E-state index in [0.717, 1.165) is 38.0 Å². The van der Waals surface area contributed by atoms with Gasteiger partial charge in [-0.05, 0) is 36.3 Å². The number of hydrogen-bond acceptors (Lipinski definition) is 9. The number of benzene rings is 2. The third-order valence-electron chi connectivity index (χ3n) is 4.30. The molecule has 4 rings (SSSR count). The Hall–Kier alpha value is -3.15. The van der Waals surface area contributed by atoms with Crippen LogP contribution in [-0.4, -0.2) is 43.8 Å². The molecule has 11 heteroatoms. The second kappa shape index (κ2) is 12.4. The fourth-order valence-corrected chi connectivity index (χ4v) is 5.41. The highest BCUT2D eigenvalue weighted by atomic mass is 32.2. The summed E-state index contributed by atoms with van der Waals surface area (Å²) in [6, 6.07) is 15.7. The lowest BCUT2D eigenvalue weighted by Crippen LogP contribution is -2.14. The second-order valence-electron chi connectivity index (χ2n) is 6.97. The number of H-pyrrole nitrogens is 1. The van der Waals surface area contributed by atoms with Crippen LogP contribution in [0.2, 0.25) is 0 Å². The van der Waals surface area contributed by atoms with E-state index in [1.807, 2.05) is 60.7 Å². The number of fused-ring (bicyclic) bond motifs is 1. The number of anilines is 2. The summed E-state index contributed by atoms with van der Waals surface area (Å²) in [5.74, 6) is 1.52. The molecule has 0 unspecified atom stereocenters. The molecule has 34 heavy (non-hydrogen) atoms. The first-order valence-corrected chi connectivity index (χ1v) is 13.4. The standard InChI is InChI=1S/C23H23N7OS3/c1-2-13-32-23-26-18-11-10-17(14-19(18)34-23)25-20(31)15-33-22-27-21(29-30-22)28-24-12-6-9-16-7-4-3-5-8-16/h3-12,14H,2,13,15H2,1H3,(H,25,31)(H2,27,28,29,30)/b9-6+,24-12-. The van der Waals surface area contributed by atoms with Gasteiger partial charge in [0.1, 0.15) is 0 Å². The number of nitrogens with zero attached hydrogens (tertiary/aromatic N) is 4. The molecule has 0 fully saturated rings. The fourth-order valence-electron chi connectivity index (χ4n) is 2.78. The Morgan fingerprint density at radius 2 is 2.06 bits per heavy atom. The van der Waals surface area contributed by atoms with Crippen LogP contribution in [-0.2, 0) is 4.79 Å². The number of amides is 1. The number of thiazole rings is 1. The molecule has 0 saturated carbocycles. The van der Waals surface area contributed by atoms with E-state index in [-0.39, 0.29) is 11.7 Å². The first kappa shape index (κ1) is 24.0. The van der Waals surface area contributed by atoms with Crippen LogP contribution in [0.3, 0.4) is 0 Å². The molecule has 0 saturated heterocycles. The summed E-state index contributed by atoms with van der Waals surface area (Å²) in [4.78, 5) is 21.3. The first-order chi connectivity index (χ1) is 16.7. The van der Waals surface area contributed by atoms with Crippen molar-refractivity contribution in [1.29, 1.82) is 0 Å². The van der Waals surface area contributed by atoms with Gasteiger partial charge in [-0.3, -0.25) is 4.79 Å². The number of aromatic nitrogens is 4. The van der Waals surface area contributed by atoms with E-state index in [1.165, 1.54) is 11.8 Å². The van der Waals surface area contributed by atoms with Crippen molar-refractivity contribution in [1.82, 2.24) is 20.2 Å². The predicted molar refractivity (Wildman–Crippen MR) is 144 cm³/mol. The summed E-state index contributed by atoms with van der Waals surface area (Å²) >= 11 is 4.65. The van der Waals surface area contributed by atoms with Gasteiger partial charge in [0.25, 0.3) is 0 Å². The molecule has 0 atom stereocenters. The van der Waals surface area contributed by atoms with Gasteiger partial charge in [0.15, 0.2) is 4.34 Å². The SMILES string of the molecule is CCCSc1nc2ccc(NC(=O)CSc3n[nH]c(N/N=C\C=C\c4ccccc4)n3)cc2s1. The maximum atomic E-state index is 12.4. The monoisotopic (exact) mass is 509 g/mol. The van der Waals surface area contributed by atoms with Crippen LogP contribution in [0.15, 0.2) is 69.2 Å². The molecular formula is C23H23N7OS3. The molecule has 0 bridgehead atoms. The summed E-state index contributed by atoms with van der Waals surface area (Å²) < 4.78 is 2.12. The van der Waals surface area contributed by atoms with Crippen LogP contribution in [0.1, 0.15) is 18.9 Å². The number of hydrogen-bond donors (Lipinski definition) is 3. The highest BCUT2D eigenvalue weighted by Gasteiger charge is 2.10. The van der Waals surface area contributed by atoms with Gasteiger partial charge in [0.2, 0.25) is 17.0 Å². The highest BCUT2D eigenvalue weighted by Crippen LogP contribution is 2.31. The van der Waals surface area contributed by atoms with Gasteiger partial charge >= 0.3 is 0 Å². The summed E-state index contributed by atoms with van der Waals surface area (Å²) in [6.45, 7) is 2.15. The van der Waals surface area contributed by atoms with E-state index in [9.17, 15) is 4.79 Å². The number of rotatable bonds is 11. The van der Waals surface area contributed by atoms with E-state index in [4.69, 9.17) is 0 Å². The lowest BCUT2D eigenvalue weighted by atomic mass is 10.2. The van der Waals surface area contributed by atoms with Crippen molar-refractivity contribution in [3.05, 3.63) is 60.2 Å². The number of aromatic amines is 1. The maximum Gasteiger partial charge on any atom is 0.240 e. The van der Waals surface area contributed by atoms with Crippen molar-refractivity contribution in [3.8, 4) is 0 Å². The zero-order chi connectivity index (χ0) is 23.6. The minimum absolute atomic E-state index is 0.127. The minimum Gasteiger partial charge on any atom is -0.325 e. The fraction of sp³-hybridized carbons (Fsp3) is 0.174. The van der Waals surface area contributed by atoms with E-state index < -0.39 is 0 Å². The number of carbonyl (C=O) groups is 1. The molecule has 0 radical (unpaired) electrons. The normalized spacial score (nSPS) is 11.6. The molecule has 4 aromatic rings. The first-order valence-electron chi connectivity index (χ1n) is 10.6. The van der Waals surface area contributed by atoms with Crippen LogP contribution >= 0.6 is 34.9 Å². The van der Waals surface area contributed by atoms with E-state index >= 15 is 0 Å². The van der Waals surface area contributed by atoms with Gasteiger partial charge in [0.05, 0.1) is 16.0 Å². The van der Waals surface area contributed by atoms with Gasteiger partial charge in [-0.2, -0.15) is 10.1 Å². The highest BCUT2D eigenvalue weighted by molar-refractivity contribution is 8.01. The van der Waals surface area contributed by atoms with Gasteiger partial charge in [-0.1, -0.05) is 66.9 Å². The number of thioether (sulfide) groups is 2. The Morgan fingerprint density at radius 1 is 1.18 bits per heavy atom. The molecule has 174 valence electrons. The van der Waals surface area contributed by atoms with Crippen LogP contribution in [0, 0.1) is 0 Å². The molecule has 0 aliphatic carbocycles. The third-order valence-corrected chi connectivity index (χ3v) is 7.51. The number of allylic oxidation sites excluding steroid dienone is 1. The van der Waals surface area contributed by atoms with Gasteiger partial charge < -0.3 is 5.32 Å².